The van der Waals surface area contributed by atoms with Crippen molar-refractivity contribution in [3.63, 3.8) is 0 Å². The van der Waals surface area contributed by atoms with E-state index in [2.05, 4.69) is 520 Å². The molecule has 16 heteroatoms. The van der Waals surface area contributed by atoms with E-state index in [1.165, 1.54) is 126 Å². The molecule has 0 aliphatic heterocycles. The van der Waals surface area contributed by atoms with Crippen molar-refractivity contribution in [1.29, 1.82) is 0 Å². The first-order valence-electron chi connectivity index (χ1n) is 49.1. The molecule has 2 heterocycles. The monoisotopic (exact) mass is 2180 g/mol. The normalized spacial score (nSPS) is 10.8. The fraction of sp³-hybridized carbons (Fsp3) is 0.0149. The Labute approximate surface area is 905 Å². The van der Waals surface area contributed by atoms with E-state index >= 15 is 0 Å². The maximum absolute atomic E-state index is 9.37. The van der Waals surface area contributed by atoms with Crippen LogP contribution in [0.2, 0.25) is 0 Å². The van der Waals surface area contributed by atoms with Gasteiger partial charge in [-0.1, -0.05) is 384 Å². The molecule has 0 amide bonds. The van der Waals surface area contributed by atoms with Crippen LogP contribution in [0.5, 0.6) is 0 Å². The van der Waals surface area contributed by atoms with Gasteiger partial charge in [-0.2, -0.15) is 30.3 Å². The Morgan fingerprint density at radius 3 is 0.713 bits per heavy atom. The van der Waals surface area contributed by atoms with Crippen molar-refractivity contribution < 1.29 is 50.3 Å². The summed E-state index contributed by atoms with van der Waals surface area (Å²) in [5.74, 6) is -1.67. The molecule has 0 saturated carbocycles. The van der Waals surface area contributed by atoms with Crippen LogP contribution in [0.4, 0.5) is 51.2 Å². The van der Waals surface area contributed by atoms with Gasteiger partial charge in [0.1, 0.15) is 0 Å². The number of carbonyl (C=O) groups is 2. The largest absolute Gasteiger partial charge is 0.488 e. The summed E-state index contributed by atoms with van der Waals surface area (Å²) < 4.78 is 7.10. The summed E-state index contributed by atoms with van der Waals surface area (Å²) in [5.41, 5.74) is 29.0. The van der Waals surface area contributed by atoms with E-state index < -0.39 is 19.1 Å². The SMILES string of the molecule is Brc1cc2c(c3ccccc13)c1c3ccccc3c(Br)cc1n2-c1ccccc1.CC(=O)O.CC(=O)O.OB(O)c1ccc(N(c2ccccc2)c2ccc(-c3ccccc3)cc2)cc1.Pc1[c-]cccc1.[Pd].c1ccc(-c2ccc(N(c3ccccc3)c3ccc(-c4cc5c(c6ccccc46)c4c6ccccc6c(-c6ccc(N(c7ccccc7)c7ccc(-c8ccccc8)cc7)cc6)cc4n5-c4ccccc4)cc3)cc2)cc1. The molecule has 730 valence electrons. The smallest absolute Gasteiger partial charge is 0.481 e. The second-order valence-electron chi connectivity index (χ2n) is 35.8. The Bertz CT molecular complexity index is 8600. The number of halogens is 2. The molecule has 0 bridgehead atoms. The zero-order chi connectivity index (χ0) is 102. The van der Waals surface area contributed by atoms with E-state index in [1.54, 1.807) is 12.1 Å². The number of nitrogens with zero attached hydrogens (tertiary/aromatic N) is 5. The third-order valence-electron chi connectivity index (χ3n) is 26.3. The van der Waals surface area contributed by atoms with Gasteiger partial charge in [0.15, 0.2) is 0 Å². The van der Waals surface area contributed by atoms with Gasteiger partial charge in [-0.15, -0.1) is 14.5 Å². The van der Waals surface area contributed by atoms with E-state index in [0.29, 0.717) is 5.46 Å². The quantitative estimate of drug-likeness (QED) is 0.0399. The third-order valence-corrected chi connectivity index (χ3v) is 28.0. The van der Waals surface area contributed by atoms with Gasteiger partial charge in [-0.05, 0) is 262 Å². The predicted molar refractivity (Wildman–Crippen MR) is 636 cm³/mol. The number of fused-ring (bicyclic) bond motifs is 14. The summed E-state index contributed by atoms with van der Waals surface area (Å²) in [6.45, 7) is 2.17. The fourth-order valence-corrected chi connectivity index (χ4v) is 21.0. The second-order valence-corrected chi connectivity index (χ2v) is 38.2. The molecule has 0 aliphatic carbocycles. The molecule has 0 aliphatic rings. The van der Waals surface area contributed by atoms with Crippen molar-refractivity contribution in [3.8, 4) is 67.0 Å². The Kier molecular flexibility index (Phi) is 32.1. The van der Waals surface area contributed by atoms with Gasteiger partial charge >= 0.3 is 7.12 Å². The minimum Gasteiger partial charge on any atom is -0.481 e. The van der Waals surface area contributed by atoms with E-state index in [-0.39, 0.29) is 20.4 Å². The van der Waals surface area contributed by atoms with E-state index in [9.17, 15) is 10.0 Å². The first-order valence-corrected chi connectivity index (χ1v) is 51.3. The minimum atomic E-state index is -1.47. The van der Waals surface area contributed by atoms with Crippen LogP contribution in [0, 0.1) is 6.07 Å². The zero-order valence-corrected chi connectivity index (χ0v) is 87.8. The third kappa shape index (κ3) is 22.3. The van der Waals surface area contributed by atoms with Crippen molar-refractivity contribution in [2.45, 2.75) is 13.8 Å². The van der Waals surface area contributed by atoms with Crippen molar-refractivity contribution >= 4 is 209 Å². The van der Waals surface area contributed by atoms with Gasteiger partial charge in [0.05, 0.1) is 22.1 Å². The van der Waals surface area contributed by atoms with Crippen LogP contribution < -0.4 is 25.5 Å². The minimum absolute atomic E-state index is 0. The van der Waals surface area contributed by atoms with Crippen molar-refractivity contribution in [1.82, 2.24) is 9.13 Å². The molecule has 2 aromatic heterocycles. The van der Waals surface area contributed by atoms with Crippen molar-refractivity contribution in [3.05, 3.63) is 549 Å². The molecule has 25 aromatic rings. The number of hydrogen-bond acceptors (Lipinski definition) is 7. The number of para-hydroxylation sites is 5. The molecular weight excluding hydrogens is 2080 g/mol. The maximum Gasteiger partial charge on any atom is 0.488 e. The van der Waals surface area contributed by atoms with Gasteiger partial charge in [-0.3, -0.25) is 9.59 Å². The molecule has 25 rings (SSSR count). The summed E-state index contributed by atoms with van der Waals surface area (Å²) in [6.07, 6.45) is 0. The summed E-state index contributed by atoms with van der Waals surface area (Å²) in [6, 6.07) is 192. The molecule has 0 radical (unpaired) electrons. The Morgan fingerprint density at radius 2 is 0.460 bits per heavy atom. The molecule has 23 aromatic carbocycles. The Hall–Kier alpha value is -16.9. The summed E-state index contributed by atoms with van der Waals surface area (Å²) in [7, 11) is 1.11. The van der Waals surface area contributed by atoms with Gasteiger partial charge in [0.25, 0.3) is 11.9 Å². The molecule has 1 atom stereocenters. The standard InChI is InChI=1S/C74H51N3.C26H15Br2N.C24H20BNO2.C6H6P.2C2H4O2.Pd/c1-6-20-52(21-7-1)54-34-42-61(43-35-54)75(58-24-10-3-11-25-58)63-46-38-56(39-47-63)69-50-71-73(67-32-18-16-30-65(67)69)74-68-33-19-17-31-66(68)70(51-72(74)77(71)60-28-14-5-15-29-60)57-40-48-64(49-41-57)76(59-26-12-4-13-27-59)62-44-36-55(37-45-62)53-22-8-2-9-23-53;27-21-14-23-25(19-12-6-4-10-17(19)21)26-20-13-7-5-11-18(20)22(28)15-24(26)29(23)16-8-2-1-3-9-16;27-25(28)21-13-17-24(18-14-21)26(22-9-5-2-6-10-22)23-15-11-20(12-16-23)19-7-3-1-4-8-19;7-6-4-2-1-3-5-6;2*1-2(3)4;/h1-51H;1-15H;1-18,27-28H;1-4H,7H2;2*1H3,(H,3,4);/q;;;-1;;;. The molecule has 4 N–H and O–H groups in total. The van der Waals surface area contributed by atoms with Crippen LogP contribution in [0.15, 0.2) is 543 Å². The van der Waals surface area contributed by atoms with Crippen molar-refractivity contribution in [2.24, 2.45) is 0 Å². The van der Waals surface area contributed by atoms with Gasteiger partial charge in [0, 0.05) is 127 Å². The number of benzene rings is 23. The fourth-order valence-electron chi connectivity index (χ4n) is 19.7. The summed E-state index contributed by atoms with van der Waals surface area (Å²) in [5, 5.41) is 49.7. The van der Waals surface area contributed by atoms with Crippen LogP contribution in [0.25, 0.3) is 154 Å². The molecule has 150 heavy (non-hydrogen) atoms. The molecule has 0 fully saturated rings. The maximum atomic E-state index is 9.37. The first kappa shape index (κ1) is 102. The van der Waals surface area contributed by atoms with Crippen LogP contribution in [-0.4, -0.2) is 48.5 Å². The van der Waals surface area contributed by atoms with Crippen LogP contribution in [-0.2, 0) is 30.0 Å². The van der Waals surface area contributed by atoms with E-state index in [4.69, 9.17) is 19.8 Å². The summed E-state index contributed by atoms with van der Waals surface area (Å²) >= 11 is 7.65. The number of rotatable bonds is 17. The zero-order valence-electron chi connectivity index (χ0n) is 81.9. The molecule has 1 unspecified atom stereocenters. The van der Waals surface area contributed by atoms with Gasteiger partial charge in [-0.25, -0.2) is 0 Å². The predicted octanol–water partition coefficient (Wildman–Crippen LogP) is 35.0. The average Bonchev–Trinajstić information content (AvgIpc) is 1.59. The van der Waals surface area contributed by atoms with Gasteiger partial charge < -0.3 is 44.1 Å². The Balaban J connectivity index is 0.000000156. The second kappa shape index (κ2) is 47.3. The van der Waals surface area contributed by atoms with Crippen molar-refractivity contribution in [2.75, 3.05) is 14.7 Å². The molecular formula is C134H100BBr2N5O6PPd-. The first-order chi connectivity index (χ1) is 73.0. The number of aliphatic carboxylic acids is 2. The number of anilines is 9. The number of aromatic nitrogens is 2. The molecule has 0 saturated heterocycles. The van der Waals surface area contributed by atoms with E-state index in [1.807, 2.05) is 72.8 Å². The number of carboxylic acids is 2. The van der Waals surface area contributed by atoms with Crippen LogP contribution >= 0.6 is 41.1 Å². The number of carboxylic acid groups (broad SMARTS) is 2. The number of hydrogen-bond donors (Lipinski definition) is 4. The average molecular weight is 2180 g/mol. The van der Waals surface area contributed by atoms with Crippen LogP contribution in [0.1, 0.15) is 13.8 Å². The Morgan fingerprint density at radius 1 is 0.253 bits per heavy atom. The molecule has 0 spiro atoms. The molecule has 11 nitrogen and oxygen atoms in total. The van der Waals surface area contributed by atoms with Gasteiger partial charge in [0.2, 0.25) is 0 Å². The topological polar surface area (TPSA) is 135 Å². The van der Waals surface area contributed by atoms with Crippen LogP contribution in [0.3, 0.4) is 0 Å². The summed E-state index contributed by atoms with van der Waals surface area (Å²) in [4.78, 5) is 24.8. The van der Waals surface area contributed by atoms with E-state index in [0.717, 1.165) is 107 Å².